The largest absolute Gasteiger partial charge is 0.309 e. The van der Waals surface area contributed by atoms with Gasteiger partial charge >= 0.3 is 0 Å². The van der Waals surface area contributed by atoms with Crippen LogP contribution in [-0.2, 0) is 0 Å². The zero-order valence-corrected chi connectivity index (χ0v) is 12.7. The lowest BCUT2D eigenvalue weighted by Gasteiger charge is -2.46. The minimum atomic E-state index is 0.281. The highest BCUT2D eigenvalue weighted by atomic mass is 15.2. The van der Waals surface area contributed by atoms with Crippen molar-refractivity contribution >= 4 is 0 Å². The monoisotopic (exact) mass is 240 g/mol. The van der Waals surface area contributed by atoms with Crippen LogP contribution in [0, 0.1) is 11.8 Å². The van der Waals surface area contributed by atoms with Gasteiger partial charge in [-0.2, -0.15) is 0 Å². The van der Waals surface area contributed by atoms with Gasteiger partial charge in [0, 0.05) is 24.7 Å². The third-order valence-corrected chi connectivity index (χ3v) is 3.85. The van der Waals surface area contributed by atoms with Crippen molar-refractivity contribution in [2.75, 3.05) is 19.6 Å². The molecule has 0 spiro atoms. The number of hydrogen-bond donors (Lipinski definition) is 1. The minimum absolute atomic E-state index is 0.281. The molecule has 1 fully saturated rings. The van der Waals surface area contributed by atoms with Crippen LogP contribution in [0.4, 0.5) is 0 Å². The van der Waals surface area contributed by atoms with Gasteiger partial charge in [-0.3, -0.25) is 4.90 Å². The second-order valence-corrected chi connectivity index (χ2v) is 7.08. The smallest absolute Gasteiger partial charge is 0.0252 e. The van der Waals surface area contributed by atoms with Gasteiger partial charge in [0.15, 0.2) is 0 Å². The number of hydrogen-bond acceptors (Lipinski definition) is 2. The van der Waals surface area contributed by atoms with Crippen LogP contribution in [0.2, 0.25) is 0 Å². The highest BCUT2D eigenvalue weighted by molar-refractivity contribution is 4.93. The maximum Gasteiger partial charge on any atom is 0.0252 e. The van der Waals surface area contributed by atoms with Crippen molar-refractivity contribution < 1.29 is 0 Å². The molecular weight excluding hydrogens is 208 g/mol. The molecule has 0 aromatic rings. The molecular formula is C15H32N2. The summed E-state index contributed by atoms with van der Waals surface area (Å²) in [5.74, 6) is 1.58. The van der Waals surface area contributed by atoms with Crippen LogP contribution < -0.4 is 5.32 Å². The third-order valence-electron chi connectivity index (χ3n) is 3.85. The highest BCUT2D eigenvalue weighted by Gasteiger charge is 2.33. The lowest BCUT2D eigenvalue weighted by molar-refractivity contribution is 0.0671. The molecule has 2 heteroatoms. The first-order valence-electron chi connectivity index (χ1n) is 7.31. The molecule has 0 amide bonds. The van der Waals surface area contributed by atoms with Crippen molar-refractivity contribution in [3.05, 3.63) is 0 Å². The fourth-order valence-corrected chi connectivity index (χ4v) is 2.80. The summed E-state index contributed by atoms with van der Waals surface area (Å²) in [5, 5.41) is 3.68. The Bertz CT molecular complexity index is 221. The van der Waals surface area contributed by atoms with E-state index in [9.17, 15) is 0 Å². The number of nitrogens with one attached hydrogen (secondary N) is 1. The zero-order valence-electron chi connectivity index (χ0n) is 12.7. The summed E-state index contributed by atoms with van der Waals surface area (Å²) >= 11 is 0. The summed E-state index contributed by atoms with van der Waals surface area (Å²) < 4.78 is 0. The van der Waals surface area contributed by atoms with Gasteiger partial charge in [0.1, 0.15) is 0 Å². The maximum atomic E-state index is 3.68. The van der Waals surface area contributed by atoms with E-state index in [4.69, 9.17) is 0 Å². The van der Waals surface area contributed by atoms with Gasteiger partial charge in [0.25, 0.3) is 0 Å². The molecule has 1 atom stereocenters. The Morgan fingerprint density at radius 2 is 1.88 bits per heavy atom. The zero-order chi connectivity index (χ0) is 13.1. The van der Waals surface area contributed by atoms with Crippen molar-refractivity contribution in [3.8, 4) is 0 Å². The molecule has 0 aromatic carbocycles. The maximum absolute atomic E-state index is 3.68. The summed E-state index contributed by atoms with van der Waals surface area (Å²) in [6.07, 6.45) is 2.70. The van der Waals surface area contributed by atoms with Crippen LogP contribution in [0.25, 0.3) is 0 Å². The third kappa shape index (κ3) is 4.97. The van der Waals surface area contributed by atoms with Crippen LogP contribution in [0.5, 0.6) is 0 Å². The second kappa shape index (κ2) is 6.19. The molecule has 2 nitrogen and oxygen atoms in total. The number of piperazine rings is 1. The molecule has 1 aliphatic rings. The molecule has 0 aliphatic carbocycles. The Labute approximate surface area is 108 Å². The van der Waals surface area contributed by atoms with E-state index in [-0.39, 0.29) is 5.54 Å². The van der Waals surface area contributed by atoms with E-state index >= 15 is 0 Å². The quantitative estimate of drug-likeness (QED) is 0.794. The Morgan fingerprint density at radius 3 is 2.41 bits per heavy atom. The average molecular weight is 240 g/mol. The van der Waals surface area contributed by atoms with Crippen molar-refractivity contribution in [1.29, 1.82) is 0 Å². The van der Waals surface area contributed by atoms with Crippen molar-refractivity contribution in [1.82, 2.24) is 10.2 Å². The average Bonchev–Trinajstić information content (AvgIpc) is 2.15. The van der Waals surface area contributed by atoms with Crippen molar-refractivity contribution in [2.24, 2.45) is 11.8 Å². The van der Waals surface area contributed by atoms with Crippen LogP contribution in [0.15, 0.2) is 0 Å². The lowest BCUT2D eigenvalue weighted by Crippen LogP contribution is -2.62. The number of rotatable bonds is 5. The van der Waals surface area contributed by atoms with Gasteiger partial charge < -0.3 is 5.32 Å². The predicted octanol–water partition coefficient (Wildman–Crippen LogP) is 3.13. The molecule has 1 N–H and O–H groups in total. The molecule has 17 heavy (non-hydrogen) atoms. The Balaban J connectivity index is 2.49. The van der Waals surface area contributed by atoms with Crippen LogP contribution in [0.1, 0.15) is 54.4 Å². The van der Waals surface area contributed by atoms with Gasteiger partial charge in [-0.05, 0) is 45.1 Å². The first kappa shape index (κ1) is 15.0. The topological polar surface area (TPSA) is 15.3 Å². The Kier molecular flexibility index (Phi) is 5.46. The highest BCUT2D eigenvalue weighted by Crippen LogP contribution is 2.21. The van der Waals surface area contributed by atoms with Gasteiger partial charge in [-0.25, -0.2) is 0 Å². The molecule has 0 saturated carbocycles. The summed E-state index contributed by atoms with van der Waals surface area (Å²) in [7, 11) is 0. The molecule has 102 valence electrons. The van der Waals surface area contributed by atoms with E-state index in [1.807, 2.05) is 0 Å². The van der Waals surface area contributed by atoms with Crippen molar-refractivity contribution in [3.63, 3.8) is 0 Å². The summed E-state index contributed by atoms with van der Waals surface area (Å²) in [5.41, 5.74) is 0.281. The summed E-state index contributed by atoms with van der Waals surface area (Å²) in [6.45, 7) is 17.6. The SMILES string of the molecule is CC(C)CCCN1CC(C)(C)NCC1C(C)C. The van der Waals surface area contributed by atoms with Gasteiger partial charge in [-0.1, -0.05) is 27.7 Å². The van der Waals surface area contributed by atoms with E-state index in [1.54, 1.807) is 0 Å². The standard InChI is InChI=1S/C15H32N2/c1-12(2)8-7-9-17-11-15(5,6)16-10-14(17)13(3)4/h12-14,16H,7-11H2,1-6H3. The van der Waals surface area contributed by atoms with Gasteiger partial charge in [-0.15, -0.1) is 0 Å². The van der Waals surface area contributed by atoms with Crippen molar-refractivity contribution in [2.45, 2.75) is 66.0 Å². The van der Waals surface area contributed by atoms with E-state index in [2.05, 4.69) is 51.8 Å². The molecule has 0 aromatic heterocycles. The normalized spacial score (nSPS) is 25.8. The molecule has 0 radical (unpaired) electrons. The Hall–Kier alpha value is -0.0800. The van der Waals surface area contributed by atoms with Crippen LogP contribution >= 0.6 is 0 Å². The molecule has 1 heterocycles. The van der Waals surface area contributed by atoms with E-state index < -0.39 is 0 Å². The fraction of sp³-hybridized carbons (Fsp3) is 1.00. The fourth-order valence-electron chi connectivity index (χ4n) is 2.80. The van der Waals surface area contributed by atoms with Gasteiger partial charge in [0.2, 0.25) is 0 Å². The Morgan fingerprint density at radius 1 is 1.24 bits per heavy atom. The summed E-state index contributed by atoms with van der Waals surface area (Å²) in [6, 6.07) is 0.718. The lowest BCUT2D eigenvalue weighted by atomic mass is 9.92. The van der Waals surface area contributed by atoms with E-state index in [0.29, 0.717) is 0 Å². The molecule has 1 unspecified atom stereocenters. The van der Waals surface area contributed by atoms with E-state index in [0.717, 1.165) is 24.4 Å². The van der Waals surface area contributed by atoms with Crippen LogP contribution in [-0.4, -0.2) is 36.1 Å². The first-order chi connectivity index (χ1) is 7.82. The molecule has 1 saturated heterocycles. The second-order valence-electron chi connectivity index (χ2n) is 7.08. The predicted molar refractivity (Wildman–Crippen MR) is 76.4 cm³/mol. The first-order valence-corrected chi connectivity index (χ1v) is 7.31. The minimum Gasteiger partial charge on any atom is -0.309 e. The van der Waals surface area contributed by atoms with Gasteiger partial charge in [0.05, 0.1) is 0 Å². The molecule has 1 aliphatic heterocycles. The van der Waals surface area contributed by atoms with Crippen LogP contribution in [0.3, 0.4) is 0 Å². The van der Waals surface area contributed by atoms with E-state index in [1.165, 1.54) is 25.9 Å². The number of nitrogens with zero attached hydrogens (tertiary/aromatic N) is 1. The molecule has 1 rings (SSSR count). The molecule has 0 bridgehead atoms. The summed E-state index contributed by atoms with van der Waals surface area (Å²) in [4.78, 5) is 2.71.